The van der Waals surface area contributed by atoms with Crippen molar-refractivity contribution in [2.45, 2.75) is 5.16 Å². The summed E-state index contributed by atoms with van der Waals surface area (Å²) < 4.78 is 1.44. The van der Waals surface area contributed by atoms with E-state index in [0.29, 0.717) is 26.6 Å². The molecule has 0 aliphatic carbocycles. The van der Waals surface area contributed by atoms with Crippen LogP contribution < -0.4 is 16.2 Å². The summed E-state index contributed by atoms with van der Waals surface area (Å²) in [4.78, 5) is 41.2. The third-order valence-electron chi connectivity index (χ3n) is 3.63. The molecule has 134 valence electrons. The maximum absolute atomic E-state index is 12.3. The van der Waals surface area contributed by atoms with Crippen molar-refractivity contribution in [3.8, 4) is 0 Å². The van der Waals surface area contributed by atoms with Crippen LogP contribution in [0.4, 0.5) is 5.69 Å². The Morgan fingerprint density at radius 3 is 2.88 bits per heavy atom. The molecule has 7 nitrogen and oxygen atoms in total. The van der Waals surface area contributed by atoms with Crippen LogP contribution in [0.1, 0.15) is 10.4 Å². The van der Waals surface area contributed by atoms with E-state index in [1.807, 2.05) is 5.38 Å². The molecule has 2 amide bonds. The normalized spacial score (nSPS) is 10.7. The predicted molar refractivity (Wildman–Crippen MR) is 104 cm³/mol. The summed E-state index contributed by atoms with van der Waals surface area (Å²) in [6, 6.07) is 8.42. The maximum atomic E-state index is 12.3. The highest BCUT2D eigenvalue weighted by molar-refractivity contribution is 7.99. The van der Waals surface area contributed by atoms with Gasteiger partial charge in [0, 0.05) is 25.3 Å². The molecule has 9 heteroatoms. The first-order chi connectivity index (χ1) is 12.5. The molecule has 0 spiro atoms. The van der Waals surface area contributed by atoms with E-state index in [-0.39, 0.29) is 23.1 Å². The number of rotatable bonds is 5. The number of carbonyl (C=O) groups is 2. The van der Waals surface area contributed by atoms with E-state index in [9.17, 15) is 14.4 Å². The maximum Gasteiger partial charge on any atom is 0.262 e. The summed E-state index contributed by atoms with van der Waals surface area (Å²) in [5.74, 6) is -0.370. The third kappa shape index (κ3) is 3.78. The van der Waals surface area contributed by atoms with Crippen LogP contribution in [0.5, 0.6) is 0 Å². The van der Waals surface area contributed by atoms with Gasteiger partial charge >= 0.3 is 0 Å². The Morgan fingerprint density at radius 1 is 1.31 bits per heavy atom. The number of aromatic nitrogens is 2. The van der Waals surface area contributed by atoms with E-state index in [1.54, 1.807) is 44.4 Å². The van der Waals surface area contributed by atoms with Crippen molar-refractivity contribution >= 4 is 50.8 Å². The van der Waals surface area contributed by atoms with Crippen LogP contribution in [-0.2, 0) is 11.8 Å². The average molecular weight is 388 g/mol. The molecule has 0 radical (unpaired) electrons. The van der Waals surface area contributed by atoms with Gasteiger partial charge in [-0.15, -0.1) is 11.3 Å². The number of carbonyl (C=O) groups excluding carboxylic acids is 2. The fraction of sp³-hybridized carbons (Fsp3) is 0.176. The summed E-state index contributed by atoms with van der Waals surface area (Å²) in [6.07, 6.45) is 0. The molecule has 26 heavy (non-hydrogen) atoms. The molecule has 0 atom stereocenters. The Labute approximate surface area is 157 Å². The molecule has 0 bridgehead atoms. The van der Waals surface area contributed by atoms with Gasteiger partial charge < -0.3 is 10.6 Å². The molecule has 0 aliphatic rings. The molecule has 0 unspecified atom stereocenters. The molecule has 3 aromatic rings. The van der Waals surface area contributed by atoms with Crippen LogP contribution in [-0.4, -0.2) is 34.2 Å². The molecule has 2 aromatic heterocycles. The molecule has 0 aliphatic heterocycles. The SMILES string of the molecule is CNC(=O)c1cccc(NC(=O)CSc2nc3sccc3c(=O)n2C)c1. The molecule has 2 N–H and O–H groups in total. The van der Waals surface area contributed by atoms with Gasteiger partial charge in [0.1, 0.15) is 4.83 Å². The quantitative estimate of drug-likeness (QED) is 0.516. The largest absolute Gasteiger partial charge is 0.355 e. The van der Waals surface area contributed by atoms with Gasteiger partial charge in [-0.3, -0.25) is 19.0 Å². The van der Waals surface area contributed by atoms with Gasteiger partial charge in [-0.2, -0.15) is 0 Å². The minimum absolute atomic E-state index is 0.0986. The number of hydrogen-bond donors (Lipinski definition) is 2. The van der Waals surface area contributed by atoms with Crippen molar-refractivity contribution in [3.63, 3.8) is 0 Å². The van der Waals surface area contributed by atoms with Gasteiger partial charge in [-0.05, 0) is 29.6 Å². The highest BCUT2D eigenvalue weighted by Crippen LogP contribution is 2.20. The number of anilines is 1. The van der Waals surface area contributed by atoms with E-state index >= 15 is 0 Å². The Bertz CT molecular complexity index is 1040. The Hall–Kier alpha value is -2.65. The van der Waals surface area contributed by atoms with Crippen molar-refractivity contribution in [3.05, 3.63) is 51.6 Å². The summed E-state index contributed by atoms with van der Waals surface area (Å²) >= 11 is 2.58. The van der Waals surface area contributed by atoms with Crippen LogP contribution in [0, 0.1) is 0 Å². The fourth-order valence-corrected chi connectivity index (χ4v) is 3.90. The number of benzene rings is 1. The minimum atomic E-state index is -0.246. The minimum Gasteiger partial charge on any atom is -0.355 e. The fourth-order valence-electron chi connectivity index (χ4n) is 2.32. The number of thiophene rings is 1. The van der Waals surface area contributed by atoms with Crippen LogP contribution in [0.2, 0.25) is 0 Å². The highest BCUT2D eigenvalue weighted by atomic mass is 32.2. The van der Waals surface area contributed by atoms with Gasteiger partial charge in [-0.25, -0.2) is 4.98 Å². The molecular formula is C17H16N4O3S2. The Morgan fingerprint density at radius 2 is 2.12 bits per heavy atom. The Kier molecular flexibility index (Phi) is 5.38. The van der Waals surface area contributed by atoms with Gasteiger partial charge in [0.05, 0.1) is 11.1 Å². The first-order valence-corrected chi connectivity index (χ1v) is 9.55. The van der Waals surface area contributed by atoms with Crippen LogP contribution in [0.25, 0.3) is 10.2 Å². The third-order valence-corrected chi connectivity index (χ3v) is 5.47. The zero-order valence-electron chi connectivity index (χ0n) is 14.1. The molecule has 2 heterocycles. The molecule has 0 saturated heterocycles. The second-order valence-corrected chi connectivity index (χ2v) is 7.23. The zero-order valence-corrected chi connectivity index (χ0v) is 15.7. The lowest BCUT2D eigenvalue weighted by atomic mass is 10.2. The number of nitrogens with zero attached hydrogens (tertiary/aromatic N) is 2. The lowest BCUT2D eigenvalue weighted by Gasteiger charge is -2.08. The van der Waals surface area contributed by atoms with E-state index in [1.165, 1.54) is 27.7 Å². The van der Waals surface area contributed by atoms with Crippen molar-refractivity contribution < 1.29 is 9.59 Å². The van der Waals surface area contributed by atoms with Crippen molar-refractivity contribution in [1.82, 2.24) is 14.9 Å². The first-order valence-electron chi connectivity index (χ1n) is 7.68. The molecule has 0 fully saturated rings. The summed E-state index contributed by atoms with van der Waals surface area (Å²) in [6.45, 7) is 0. The zero-order chi connectivity index (χ0) is 18.7. The monoisotopic (exact) mass is 388 g/mol. The molecule has 3 rings (SSSR count). The van der Waals surface area contributed by atoms with Crippen molar-refractivity contribution in [1.29, 1.82) is 0 Å². The summed E-state index contributed by atoms with van der Waals surface area (Å²) in [5.41, 5.74) is 0.870. The topological polar surface area (TPSA) is 93.1 Å². The number of hydrogen-bond acceptors (Lipinski definition) is 6. The van der Waals surface area contributed by atoms with Gasteiger partial charge in [0.15, 0.2) is 5.16 Å². The van der Waals surface area contributed by atoms with Gasteiger partial charge in [0.25, 0.3) is 11.5 Å². The lowest BCUT2D eigenvalue weighted by molar-refractivity contribution is -0.113. The van der Waals surface area contributed by atoms with E-state index in [2.05, 4.69) is 15.6 Å². The number of amides is 2. The van der Waals surface area contributed by atoms with Crippen LogP contribution in [0.3, 0.4) is 0 Å². The lowest BCUT2D eigenvalue weighted by Crippen LogP contribution is -2.21. The van der Waals surface area contributed by atoms with Crippen molar-refractivity contribution in [2.75, 3.05) is 18.1 Å². The summed E-state index contributed by atoms with van der Waals surface area (Å²) in [5, 5.41) is 8.17. The number of nitrogens with one attached hydrogen (secondary N) is 2. The molecule has 1 aromatic carbocycles. The predicted octanol–water partition coefficient (Wildman–Crippen LogP) is 2.09. The van der Waals surface area contributed by atoms with Crippen LogP contribution >= 0.6 is 23.1 Å². The smallest absolute Gasteiger partial charge is 0.262 e. The summed E-state index contributed by atoms with van der Waals surface area (Å²) in [7, 11) is 3.19. The average Bonchev–Trinajstić information content (AvgIpc) is 3.11. The van der Waals surface area contributed by atoms with Gasteiger partial charge in [0.2, 0.25) is 5.91 Å². The Balaban J connectivity index is 1.69. The van der Waals surface area contributed by atoms with E-state index in [0.717, 1.165) is 0 Å². The standard InChI is InChI=1S/C17H16N4O3S2/c1-18-14(23)10-4-3-5-11(8-10)19-13(22)9-26-17-20-15-12(6-7-25-15)16(24)21(17)2/h3-8H,9H2,1-2H3,(H,18,23)(H,19,22). The number of thioether (sulfide) groups is 1. The second kappa shape index (κ2) is 7.71. The second-order valence-electron chi connectivity index (χ2n) is 5.39. The highest BCUT2D eigenvalue weighted by Gasteiger charge is 2.12. The van der Waals surface area contributed by atoms with Crippen molar-refractivity contribution in [2.24, 2.45) is 7.05 Å². The van der Waals surface area contributed by atoms with Crippen LogP contribution in [0.15, 0.2) is 45.7 Å². The van der Waals surface area contributed by atoms with E-state index in [4.69, 9.17) is 0 Å². The molecule has 0 saturated carbocycles. The molecular weight excluding hydrogens is 372 g/mol. The first kappa shape index (κ1) is 18.2. The van der Waals surface area contributed by atoms with Gasteiger partial charge in [-0.1, -0.05) is 17.8 Å². The van der Waals surface area contributed by atoms with E-state index < -0.39 is 0 Å². The number of fused-ring (bicyclic) bond motifs is 1.